The van der Waals surface area contributed by atoms with Gasteiger partial charge in [-0.15, -0.1) is 0 Å². The van der Waals surface area contributed by atoms with E-state index in [1.165, 1.54) is 0 Å². The summed E-state index contributed by atoms with van der Waals surface area (Å²) in [5.74, 6) is -0.0983. The van der Waals surface area contributed by atoms with Crippen molar-refractivity contribution in [2.75, 3.05) is 13.7 Å². The van der Waals surface area contributed by atoms with E-state index in [1.54, 1.807) is 7.11 Å². The largest absolute Gasteiger partial charge is 0.347 e. The number of methoxy groups -OCH3 is 1. The van der Waals surface area contributed by atoms with Crippen molar-refractivity contribution in [3.05, 3.63) is 12.2 Å². The first-order valence-electron chi connectivity index (χ1n) is 4.69. The molecule has 2 fully saturated rings. The van der Waals surface area contributed by atoms with Crippen molar-refractivity contribution < 1.29 is 14.3 Å². The first kappa shape index (κ1) is 7.71. The van der Waals surface area contributed by atoms with Crippen molar-refractivity contribution in [1.29, 1.82) is 0 Å². The van der Waals surface area contributed by atoms with Crippen LogP contribution in [0.3, 0.4) is 0 Å². The highest BCUT2D eigenvalue weighted by atomic mass is 16.7. The molecule has 0 unspecified atom stereocenters. The number of carbonyl (C=O) groups excluding carboxylic acids is 1. The summed E-state index contributed by atoms with van der Waals surface area (Å²) < 4.78 is 10.8. The van der Waals surface area contributed by atoms with E-state index < -0.39 is 5.79 Å². The zero-order valence-electron chi connectivity index (χ0n) is 7.53. The second kappa shape index (κ2) is 2.22. The van der Waals surface area contributed by atoms with Crippen molar-refractivity contribution in [3.8, 4) is 0 Å². The predicted octanol–water partition coefficient (Wildman–Crippen LogP) is 0.750. The van der Waals surface area contributed by atoms with E-state index in [-0.39, 0.29) is 17.6 Å². The maximum atomic E-state index is 11.9. The van der Waals surface area contributed by atoms with Gasteiger partial charge in [0.2, 0.25) is 5.79 Å². The molecule has 1 aliphatic heterocycles. The van der Waals surface area contributed by atoms with Crippen molar-refractivity contribution in [2.45, 2.75) is 12.2 Å². The van der Waals surface area contributed by atoms with Gasteiger partial charge in [-0.1, -0.05) is 12.2 Å². The Kier molecular flexibility index (Phi) is 1.32. The molecule has 0 aromatic rings. The molecule has 3 nitrogen and oxygen atoms in total. The minimum Gasteiger partial charge on any atom is -0.347 e. The van der Waals surface area contributed by atoms with Crippen LogP contribution in [-0.4, -0.2) is 25.3 Å². The van der Waals surface area contributed by atoms with E-state index in [0.29, 0.717) is 12.5 Å². The first-order chi connectivity index (χ1) is 6.28. The van der Waals surface area contributed by atoms with Crippen molar-refractivity contribution in [3.63, 3.8) is 0 Å². The average molecular weight is 180 g/mol. The maximum absolute atomic E-state index is 11.9. The van der Waals surface area contributed by atoms with Crippen LogP contribution < -0.4 is 0 Å². The number of allylic oxidation sites excluding steroid dienone is 1. The monoisotopic (exact) mass is 180 g/mol. The van der Waals surface area contributed by atoms with E-state index in [9.17, 15) is 4.79 Å². The second-order valence-corrected chi connectivity index (χ2v) is 4.06. The third kappa shape index (κ3) is 0.708. The van der Waals surface area contributed by atoms with Crippen LogP contribution in [0.25, 0.3) is 0 Å². The summed E-state index contributed by atoms with van der Waals surface area (Å²) in [4.78, 5) is 11.9. The molecule has 0 spiro atoms. The summed E-state index contributed by atoms with van der Waals surface area (Å²) >= 11 is 0. The molecule has 0 aromatic carbocycles. The molecule has 70 valence electrons. The molecular formula is C10H12O3. The molecule has 1 saturated carbocycles. The standard InChI is InChI=1S/C10H12O3/c1-12-10-8-3-2-6(9(10)11)4-7(8)5-13-10/h2-3,6-8H,4-5H2,1H3/t6-,7+,8-,10+/m1/s1. The quantitative estimate of drug-likeness (QED) is 0.558. The Bertz CT molecular complexity index is 297. The van der Waals surface area contributed by atoms with Crippen LogP contribution in [0.2, 0.25) is 0 Å². The van der Waals surface area contributed by atoms with Gasteiger partial charge < -0.3 is 9.47 Å². The molecule has 4 atom stereocenters. The Balaban J connectivity index is 2.14. The molecule has 4 bridgehead atoms. The summed E-state index contributed by atoms with van der Waals surface area (Å²) in [5, 5.41) is 0. The van der Waals surface area contributed by atoms with Gasteiger partial charge in [0.25, 0.3) is 0 Å². The summed E-state index contributed by atoms with van der Waals surface area (Å²) in [6.07, 6.45) is 5.05. The van der Waals surface area contributed by atoms with E-state index in [0.717, 1.165) is 6.42 Å². The number of carbonyl (C=O) groups is 1. The van der Waals surface area contributed by atoms with E-state index in [1.807, 2.05) is 6.08 Å². The molecule has 4 aliphatic rings. The Morgan fingerprint density at radius 1 is 1.62 bits per heavy atom. The number of rotatable bonds is 1. The Hall–Kier alpha value is -0.670. The van der Waals surface area contributed by atoms with Crippen molar-refractivity contribution in [2.24, 2.45) is 17.8 Å². The summed E-state index contributed by atoms with van der Waals surface area (Å²) in [7, 11) is 1.56. The van der Waals surface area contributed by atoms with Crippen LogP contribution >= 0.6 is 0 Å². The molecule has 0 amide bonds. The van der Waals surface area contributed by atoms with Crippen molar-refractivity contribution >= 4 is 5.78 Å². The van der Waals surface area contributed by atoms with Crippen LogP contribution in [0, 0.1) is 17.8 Å². The normalized spacial score (nSPS) is 51.8. The van der Waals surface area contributed by atoms with Gasteiger partial charge in [0.05, 0.1) is 6.61 Å². The third-order valence-corrected chi connectivity index (χ3v) is 3.55. The molecular weight excluding hydrogens is 168 g/mol. The lowest BCUT2D eigenvalue weighted by Crippen LogP contribution is -2.54. The summed E-state index contributed by atoms with van der Waals surface area (Å²) in [5.41, 5.74) is 0. The summed E-state index contributed by atoms with van der Waals surface area (Å²) in [6.45, 7) is 0.672. The number of hydrogen-bond acceptors (Lipinski definition) is 3. The lowest BCUT2D eigenvalue weighted by atomic mass is 9.67. The predicted molar refractivity (Wildman–Crippen MR) is 44.9 cm³/mol. The molecule has 4 rings (SSSR count). The number of hydrogen-bond donors (Lipinski definition) is 0. The van der Waals surface area contributed by atoms with Gasteiger partial charge in [-0.3, -0.25) is 4.79 Å². The van der Waals surface area contributed by atoms with Gasteiger partial charge in [0.15, 0.2) is 5.78 Å². The van der Waals surface area contributed by atoms with Gasteiger partial charge in [0.1, 0.15) is 0 Å². The lowest BCUT2D eigenvalue weighted by molar-refractivity contribution is -0.214. The smallest absolute Gasteiger partial charge is 0.236 e. The molecule has 1 saturated heterocycles. The van der Waals surface area contributed by atoms with E-state index in [2.05, 4.69) is 6.08 Å². The fourth-order valence-corrected chi connectivity index (χ4v) is 2.88. The number of Topliss-reactive ketones (excluding diaryl/α,β-unsaturated/α-hetero) is 1. The van der Waals surface area contributed by atoms with Gasteiger partial charge in [-0.25, -0.2) is 0 Å². The highest BCUT2D eigenvalue weighted by molar-refractivity contribution is 5.92. The number of ketones is 1. The van der Waals surface area contributed by atoms with Crippen LogP contribution in [-0.2, 0) is 14.3 Å². The Labute approximate surface area is 76.7 Å². The van der Waals surface area contributed by atoms with Crippen LogP contribution in [0.15, 0.2) is 12.2 Å². The maximum Gasteiger partial charge on any atom is 0.236 e. The SMILES string of the molecule is CO[C@]12OC[C@@H]3C[C@@H](C=C[C@H]31)C2=O. The van der Waals surface area contributed by atoms with Gasteiger partial charge in [0, 0.05) is 18.9 Å². The fourth-order valence-electron chi connectivity index (χ4n) is 2.88. The molecule has 0 N–H and O–H groups in total. The number of ether oxygens (including phenoxy) is 2. The highest BCUT2D eigenvalue weighted by Gasteiger charge is 2.62. The van der Waals surface area contributed by atoms with Crippen LogP contribution in [0.5, 0.6) is 0 Å². The Morgan fingerprint density at radius 3 is 3.15 bits per heavy atom. The molecule has 1 heterocycles. The van der Waals surface area contributed by atoms with E-state index in [4.69, 9.17) is 9.47 Å². The van der Waals surface area contributed by atoms with Crippen LogP contribution in [0.4, 0.5) is 0 Å². The van der Waals surface area contributed by atoms with Gasteiger partial charge >= 0.3 is 0 Å². The Morgan fingerprint density at radius 2 is 2.46 bits per heavy atom. The molecule has 0 radical (unpaired) electrons. The molecule has 13 heavy (non-hydrogen) atoms. The van der Waals surface area contributed by atoms with E-state index >= 15 is 0 Å². The lowest BCUT2D eigenvalue weighted by Gasteiger charge is -2.41. The van der Waals surface area contributed by atoms with Crippen molar-refractivity contribution in [1.82, 2.24) is 0 Å². The first-order valence-corrected chi connectivity index (χ1v) is 4.69. The highest BCUT2D eigenvalue weighted by Crippen LogP contribution is 2.51. The topological polar surface area (TPSA) is 35.5 Å². The molecule has 0 aromatic heterocycles. The fraction of sp³-hybridized carbons (Fsp3) is 0.700. The molecule has 3 heteroatoms. The minimum atomic E-state index is -0.914. The molecule has 3 aliphatic carbocycles. The van der Waals surface area contributed by atoms with Gasteiger partial charge in [-0.2, -0.15) is 0 Å². The summed E-state index contributed by atoms with van der Waals surface area (Å²) in [6, 6.07) is 0. The third-order valence-electron chi connectivity index (χ3n) is 3.55. The average Bonchev–Trinajstić information content (AvgIpc) is 2.50. The zero-order chi connectivity index (χ0) is 9.05. The van der Waals surface area contributed by atoms with Crippen LogP contribution in [0.1, 0.15) is 6.42 Å². The minimum absolute atomic E-state index is 0.0393. The van der Waals surface area contributed by atoms with Gasteiger partial charge in [-0.05, 0) is 12.3 Å². The second-order valence-electron chi connectivity index (χ2n) is 4.06. The zero-order valence-corrected chi connectivity index (χ0v) is 7.53.